The quantitative estimate of drug-likeness (QED) is 0.698. The molecule has 1 rings (SSSR count). The van der Waals surface area contributed by atoms with Gasteiger partial charge in [-0.15, -0.1) is 0 Å². The van der Waals surface area contributed by atoms with Crippen molar-refractivity contribution in [2.45, 2.75) is 6.92 Å². The van der Waals surface area contributed by atoms with E-state index in [0.717, 1.165) is 11.4 Å². The van der Waals surface area contributed by atoms with Crippen LogP contribution >= 0.6 is 0 Å². The molecule has 2 nitrogen and oxygen atoms in total. The zero-order valence-electron chi connectivity index (χ0n) is 7.14. The van der Waals surface area contributed by atoms with Gasteiger partial charge in [-0.2, -0.15) is 0 Å². The molecule has 1 aromatic carbocycles. The lowest BCUT2D eigenvalue weighted by atomic mass is 10.2. The smallest absolute Gasteiger partial charge is 0.142 e. The van der Waals surface area contributed by atoms with Crippen molar-refractivity contribution in [3.05, 3.63) is 23.8 Å². The molecule has 0 aliphatic heterocycles. The maximum atomic E-state index is 5.15. The number of benzene rings is 1. The van der Waals surface area contributed by atoms with Crippen LogP contribution in [0, 0.1) is 6.92 Å². The predicted octanol–water partition coefficient (Wildman–Crippen LogP) is 2.05. The first-order chi connectivity index (χ1) is 5.27. The van der Waals surface area contributed by atoms with Crippen molar-refractivity contribution < 1.29 is 4.74 Å². The van der Waals surface area contributed by atoms with Crippen molar-refractivity contribution in [1.29, 1.82) is 0 Å². The van der Waals surface area contributed by atoms with Gasteiger partial charge in [-0.05, 0) is 24.6 Å². The Hall–Kier alpha value is -1.18. The van der Waals surface area contributed by atoms with Crippen molar-refractivity contribution in [3.63, 3.8) is 0 Å². The molecule has 0 fully saturated rings. The summed E-state index contributed by atoms with van der Waals surface area (Å²) in [5, 5.41) is 3.05. The molecule has 0 amide bonds. The van der Waals surface area contributed by atoms with Gasteiger partial charge in [0.15, 0.2) is 0 Å². The second-order valence-corrected chi connectivity index (χ2v) is 2.45. The van der Waals surface area contributed by atoms with Gasteiger partial charge in [0, 0.05) is 7.05 Å². The zero-order chi connectivity index (χ0) is 8.27. The molecule has 0 aliphatic carbocycles. The molecule has 11 heavy (non-hydrogen) atoms. The highest BCUT2D eigenvalue weighted by Gasteiger charge is 1.98. The molecule has 1 N–H and O–H groups in total. The zero-order valence-corrected chi connectivity index (χ0v) is 7.14. The Bertz CT molecular complexity index is 245. The summed E-state index contributed by atoms with van der Waals surface area (Å²) in [7, 11) is 3.56. The molecule has 0 saturated heterocycles. The van der Waals surface area contributed by atoms with E-state index in [1.54, 1.807) is 7.11 Å². The Morgan fingerprint density at radius 2 is 2.09 bits per heavy atom. The second-order valence-electron chi connectivity index (χ2n) is 2.45. The van der Waals surface area contributed by atoms with Crippen molar-refractivity contribution >= 4 is 5.69 Å². The van der Waals surface area contributed by atoms with Gasteiger partial charge in [-0.3, -0.25) is 0 Å². The number of nitrogens with one attached hydrogen (secondary N) is 1. The van der Waals surface area contributed by atoms with Crippen molar-refractivity contribution in [1.82, 2.24) is 0 Å². The lowest BCUT2D eigenvalue weighted by Crippen LogP contribution is -1.93. The molecular formula is C9H13NO. The molecule has 0 unspecified atom stereocenters. The van der Waals surface area contributed by atoms with Gasteiger partial charge in [0.25, 0.3) is 0 Å². The van der Waals surface area contributed by atoms with Gasteiger partial charge in [-0.25, -0.2) is 0 Å². The molecule has 2 heteroatoms. The van der Waals surface area contributed by atoms with E-state index in [1.807, 2.05) is 32.2 Å². The Balaban J connectivity index is 3.06. The van der Waals surface area contributed by atoms with E-state index >= 15 is 0 Å². The number of aryl methyl sites for hydroxylation is 1. The third-order valence-electron chi connectivity index (χ3n) is 1.63. The average molecular weight is 151 g/mol. The van der Waals surface area contributed by atoms with E-state index < -0.39 is 0 Å². The molecule has 0 radical (unpaired) electrons. The Morgan fingerprint density at radius 1 is 1.36 bits per heavy atom. The van der Waals surface area contributed by atoms with Gasteiger partial charge >= 0.3 is 0 Å². The SMILES string of the molecule is CNc1ccc(C)cc1OC. The number of rotatable bonds is 2. The normalized spacial score (nSPS) is 9.36. The first-order valence-electron chi connectivity index (χ1n) is 3.60. The maximum absolute atomic E-state index is 5.15. The van der Waals surface area contributed by atoms with Crippen LogP contribution in [-0.2, 0) is 0 Å². The minimum absolute atomic E-state index is 0.896. The Kier molecular flexibility index (Phi) is 2.36. The summed E-state index contributed by atoms with van der Waals surface area (Å²) in [6, 6.07) is 6.06. The van der Waals surface area contributed by atoms with Crippen LogP contribution in [0.25, 0.3) is 0 Å². The molecular weight excluding hydrogens is 138 g/mol. The van der Waals surface area contributed by atoms with Crippen LogP contribution in [0.15, 0.2) is 18.2 Å². The third-order valence-corrected chi connectivity index (χ3v) is 1.63. The van der Waals surface area contributed by atoms with Crippen LogP contribution < -0.4 is 10.1 Å². The molecule has 0 saturated carbocycles. The van der Waals surface area contributed by atoms with Crippen LogP contribution in [0.5, 0.6) is 5.75 Å². The number of hydrogen-bond donors (Lipinski definition) is 1. The summed E-state index contributed by atoms with van der Waals surface area (Å²) in [4.78, 5) is 0. The maximum Gasteiger partial charge on any atom is 0.142 e. The van der Waals surface area contributed by atoms with Crippen LogP contribution in [-0.4, -0.2) is 14.2 Å². The van der Waals surface area contributed by atoms with E-state index in [2.05, 4.69) is 5.32 Å². The van der Waals surface area contributed by atoms with Crippen LogP contribution in [0.4, 0.5) is 5.69 Å². The van der Waals surface area contributed by atoms with E-state index in [-0.39, 0.29) is 0 Å². The second kappa shape index (κ2) is 3.28. The number of hydrogen-bond acceptors (Lipinski definition) is 2. The average Bonchev–Trinajstić information content (AvgIpc) is 2.04. The molecule has 1 aromatic rings. The van der Waals surface area contributed by atoms with E-state index in [9.17, 15) is 0 Å². The predicted molar refractivity (Wildman–Crippen MR) is 47.3 cm³/mol. The Morgan fingerprint density at radius 3 is 2.64 bits per heavy atom. The first-order valence-corrected chi connectivity index (χ1v) is 3.60. The summed E-state index contributed by atoms with van der Waals surface area (Å²) in [6.07, 6.45) is 0. The summed E-state index contributed by atoms with van der Waals surface area (Å²) >= 11 is 0. The fourth-order valence-electron chi connectivity index (χ4n) is 1.00. The lowest BCUT2D eigenvalue weighted by molar-refractivity contribution is 0.416. The van der Waals surface area contributed by atoms with Crippen LogP contribution in [0.2, 0.25) is 0 Å². The number of ether oxygens (including phenoxy) is 1. The van der Waals surface area contributed by atoms with Crippen LogP contribution in [0.3, 0.4) is 0 Å². The Labute approximate surface area is 67.2 Å². The first kappa shape index (κ1) is 7.92. The fraction of sp³-hybridized carbons (Fsp3) is 0.333. The van der Waals surface area contributed by atoms with Crippen LogP contribution in [0.1, 0.15) is 5.56 Å². The summed E-state index contributed by atoms with van der Waals surface area (Å²) in [5.41, 5.74) is 2.24. The topological polar surface area (TPSA) is 21.3 Å². The van der Waals surface area contributed by atoms with E-state index in [0.29, 0.717) is 0 Å². The van der Waals surface area contributed by atoms with Gasteiger partial charge in [0.1, 0.15) is 5.75 Å². The fourth-order valence-corrected chi connectivity index (χ4v) is 1.00. The van der Waals surface area contributed by atoms with E-state index in [1.165, 1.54) is 5.56 Å². The monoisotopic (exact) mass is 151 g/mol. The summed E-state index contributed by atoms with van der Waals surface area (Å²) < 4.78 is 5.15. The molecule has 0 atom stereocenters. The molecule has 0 bridgehead atoms. The minimum Gasteiger partial charge on any atom is -0.495 e. The summed E-state index contributed by atoms with van der Waals surface area (Å²) in [6.45, 7) is 2.04. The number of methoxy groups -OCH3 is 1. The highest BCUT2D eigenvalue weighted by Crippen LogP contribution is 2.24. The van der Waals surface area contributed by atoms with Crippen molar-refractivity contribution in [2.24, 2.45) is 0 Å². The molecule has 0 aromatic heterocycles. The highest BCUT2D eigenvalue weighted by atomic mass is 16.5. The lowest BCUT2D eigenvalue weighted by Gasteiger charge is -2.07. The number of anilines is 1. The molecule has 60 valence electrons. The van der Waals surface area contributed by atoms with Gasteiger partial charge in [0.2, 0.25) is 0 Å². The molecule has 0 aliphatic rings. The third kappa shape index (κ3) is 1.64. The van der Waals surface area contributed by atoms with Crippen molar-refractivity contribution in [2.75, 3.05) is 19.5 Å². The largest absolute Gasteiger partial charge is 0.495 e. The molecule has 0 spiro atoms. The van der Waals surface area contributed by atoms with Crippen molar-refractivity contribution in [3.8, 4) is 5.75 Å². The standard InChI is InChI=1S/C9H13NO/c1-7-4-5-8(10-2)9(6-7)11-3/h4-6,10H,1-3H3. The van der Waals surface area contributed by atoms with Gasteiger partial charge in [0.05, 0.1) is 12.8 Å². The highest BCUT2D eigenvalue weighted by molar-refractivity contribution is 5.57. The van der Waals surface area contributed by atoms with E-state index in [4.69, 9.17) is 4.74 Å². The minimum atomic E-state index is 0.896. The van der Waals surface area contributed by atoms with Gasteiger partial charge < -0.3 is 10.1 Å². The van der Waals surface area contributed by atoms with Gasteiger partial charge in [-0.1, -0.05) is 6.07 Å². The summed E-state index contributed by atoms with van der Waals surface area (Å²) in [5.74, 6) is 0.896. The molecule has 0 heterocycles.